The van der Waals surface area contributed by atoms with Crippen LogP contribution in [0.2, 0.25) is 0 Å². The first-order valence-electron chi connectivity index (χ1n) is 26.2. The fraction of sp³-hybridized carbons (Fsp3) is 0. The summed E-state index contributed by atoms with van der Waals surface area (Å²) in [4.78, 5) is 10.7. The van der Waals surface area contributed by atoms with Crippen molar-refractivity contribution in [3.05, 3.63) is 279 Å². The maximum Gasteiger partial charge on any atom is 0.184 e. The molecule has 2 unspecified atom stereocenters. The van der Waals surface area contributed by atoms with E-state index < -0.39 is 16.1 Å². The van der Waals surface area contributed by atoms with Crippen molar-refractivity contribution in [2.45, 2.75) is 0 Å². The SMILES string of the molecule is c1ccc(-c2nc(-c3ccc([Si]4(c5ccccc5)c5ccccc5-n5c6ccccc6c6cccc4c65)cc3)cc(-c3ccc([Si]4(c5ccccc5)c5ccccc5-n5c6ccccc6c6cccc4c65)cc3)n2)cc1. The third-order valence-electron chi connectivity index (χ3n) is 16.7. The van der Waals surface area contributed by atoms with Crippen molar-refractivity contribution in [2.24, 2.45) is 0 Å². The van der Waals surface area contributed by atoms with Gasteiger partial charge in [-0.25, -0.2) is 9.97 Å². The molecule has 2 aliphatic rings. The number of aromatic nitrogens is 4. The smallest absolute Gasteiger partial charge is 0.184 e. The van der Waals surface area contributed by atoms with Crippen molar-refractivity contribution in [2.75, 3.05) is 0 Å². The van der Waals surface area contributed by atoms with Gasteiger partial charge in [-0.2, -0.15) is 0 Å². The van der Waals surface area contributed by atoms with Crippen LogP contribution >= 0.6 is 0 Å². The minimum absolute atomic E-state index is 0.702. The highest BCUT2D eigenvalue weighted by atomic mass is 28.3. The molecule has 0 saturated heterocycles. The molecule has 2 atom stereocenters. The third-order valence-corrected chi connectivity index (χ3v) is 26.4. The average molecular weight is 999 g/mol. The number of hydrogen-bond acceptors (Lipinski definition) is 2. The molecule has 14 aromatic rings. The van der Waals surface area contributed by atoms with E-state index in [2.05, 4.69) is 288 Å². The van der Waals surface area contributed by atoms with E-state index in [0.29, 0.717) is 5.82 Å². The van der Waals surface area contributed by atoms with Crippen LogP contribution in [0.15, 0.2) is 279 Å². The minimum atomic E-state index is -2.89. The molecule has 3 aromatic heterocycles. The molecule has 0 N–H and O–H groups in total. The molecule has 0 bridgehead atoms. The number of benzene rings is 11. The first kappa shape index (κ1) is 43.0. The number of hydrogen-bond donors (Lipinski definition) is 0. The molecular formula is C70H46N4Si2. The minimum Gasteiger partial charge on any atom is -0.309 e. The summed E-state index contributed by atoms with van der Waals surface area (Å²) in [5, 5.41) is 16.2. The summed E-state index contributed by atoms with van der Waals surface area (Å²) >= 11 is 0. The first-order chi connectivity index (χ1) is 37.7. The monoisotopic (exact) mass is 998 g/mol. The lowest BCUT2D eigenvalue weighted by Gasteiger charge is -2.39. The second-order valence-corrected chi connectivity index (χ2v) is 27.8. The average Bonchev–Trinajstić information content (AvgIpc) is 4.21. The molecule has 0 amide bonds. The molecule has 0 radical (unpaired) electrons. The van der Waals surface area contributed by atoms with Crippen molar-refractivity contribution in [1.82, 2.24) is 19.1 Å². The zero-order chi connectivity index (χ0) is 50.0. The predicted molar refractivity (Wildman–Crippen MR) is 321 cm³/mol. The van der Waals surface area contributed by atoms with Gasteiger partial charge in [0.2, 0.25) is 0 Å². The summed E-state index contributed by atoms with van der Waals surface area (Å²) in [6.07, 6.45) is 0. The van der Waals surface area contributed by atoms with E-state index in [1.54, 1.807) is 0 Å². The number of rotatable bonds is 7. The molecule has 354 valence electrons. The predicted octanol–water partition coefficient (Wildman–Crippen LogP) is 11.1. The number of nitrogens with zero attached hydrogens (tertiary/aromatic N) is 4. The van der Waals surface area contributed by atoms with E-state index in [9.17, 15) is 0 Å². The van der Waals surface area contributed by atoms with E-state index >= 15 is 0 Å². The lowest BCUT2D eigenvalue weighted by Crippen LogP contribution is -2.76. The van der Waals surface area contributed by atoms with Gasteiger partial charge in [-0.1, -0.05) is 249 Å². The van der Waals surface area contributed by atoms with Crippen LogP contribution in [0.5, 0.6) is 0 Å². The first-order valence-corrected chi connectivity index (χ1v) is 30.2. The Hall–Kier alpha value is -9.47. The van der Waals surface area contributed by atoms with Gasteiger partial charge in [0.05, 0.1) is 33.5 Å². The molecule has 0 fully saturated rings. The molecule has 0 saturated carbocycles. The van der Waals surface area contributed by atoms with Gasteiger partial charge in [-0.05, 0) is 71.8 Å². The van der Waals surface area contributed by atoms with Gasteiger partial charge in [-0.15, -0.1) is 0 Å². The van der Waals surface area contributed by atoms with Gasteiger partial charge in [0.1, 0.15) is 0 Å². The Morgan fingerprint density at radius 1 is 0.263 bits per heavy atom. The number of fused-ring (bicyclic) bond motifs is 10. The fourth-order valence-electron chi connectivity index (χ4n) is 13.6. The van der Waals surface area contributed by atoms with E-state index in [0.717, 1.165) is 28.1 Å². The van der Waals surface area contributed by atoms with Crippen LogP contribution in [-0.4, -0.2) is 35.2 Å². The van der Waals surface area contributed by atoms with Gasteiger partial charge in [0.25, 0.3) is 0 Å². The summed E-state index contributed by atoms with van der Waals surface area (Å²) < 4.78 is 5.05. The van der Waals surface area contributed by atoms with Crippen LogP contribution in [0.3, 0.4) is 0 Å². The summed E-state index contributed by atoms with van der Waals surface area (Å²) in [5.74, 6) is 0.702. The van der Waals surface area contributed by atoms with E-state index in [4.69, 9.17) is 9.97 Å². The second-order valence-electron chi connectivity index (χ2n) is 20.4. The fourth-order valence-corrected chi connectivity index (χ4v) is 23.8. The Kier molecular flexibility index (Phi) is 9.34. The summed E-state index contributed by atoms with van der Waals surface area (Å²) in [6, 6.07) is 104. The Bertz CT molecular complexity index is 4350. The Balaban J connectivity index is 0.868. The Morgan fingerprint density at radius 2 is 0.618 bits per heavy atom. The van der Waals surface area contributed by atoms with Gasteiger partial charge >= 0.3 is 0 Å². The normalized spacial score (nSPS) is 16.3. The molecule has 6 heteroatoms. The van der Waals surface area contributed by atoms with Crippen LogP contribution in [0, 0.1) is 0 Å². The summed E-state index contributed by atoms with van der Waals surface area (Å²) in [6.45, 7) is 0. The van der Waals surface area contributed by atoms with Crippen molar-refractivity contribution < 1.29 is 0 Å². The molecule has 76 heavy (non-hydrogen) atoms. The second kappa shape index (κ2) is 16.5. The zero-order valence-electron chi connectivity index (χ0n) is 41.3. The lowest BCUT2D eigenvalue weighted by molar-refractivity contribution is 1.18. The van der Waals surface area contributed by atoms with Crippen LogP contribution in [0.1, 0.15) is 0 Å². The molecule has 0 aliphatic carbocycles. The standard InChI is InChI=1S/C70H46N4Si2/c1-4-20-49(21-5-1)70-71-58(47-38-42-52(43-39-47)75(50-22-6-2-7-23-50)64-34-16-14-32-62(64)73-60-30-12-10-26-54(60)56-28-18-36-66(75)68(56)73)46-59(72-70)48-40-44-53(45-41-48)76(51-24-8-3-9-25-51)65-35-17-15-33-63(65)74-61-31-13-11-27-55(61)57-29-19-37-67(76)69(57)74/h1-46H. The summed E-state index contributed by atoms with van der Waals surface area (Å²) in [5.41, 5.74) is 12.5. The topological polar surface area (TPSA) is 35.6 Å². The maximum atomic E-state index is 5.37. The van der Waals surface area contributed by atoms with Crippen molar-refractivity contribution in [1.29, 1.82) is 0 Å². The van der Waals surface area contributed by atoms with Crippen LogP contribution in [0.25, 0.3) is 88.9 Å². The van der Waals surface area contributed by atoms with Crippen molar-refractivity contribution in [3.8, 4) is 45.3 Å². The highest BCUT2D eigenvalue weighted by molar-refractivity contribution is 7.22. The lowest BCUT2D eigenvalue weighted by atomic mass is 10.1. The zero-order valence-corrected chi connectivity index (χ0v) is 43.3. The van der Waals surface area contributed by atoms with Gasteiger partial charge in [-0.3, -0.25) is 0 Å². The van der Waals surface area contributed by atoms with Crippen LogP contribution < -0.4 is 41.5 Å². The highest BCUT2D eigenvalue weighted by Gasteiger charge is 2.49. The molecule has 0 spiro atoms. The quantitative estimate of drug-likeness (QED) is 0.149. The molecular weight excluding hydrogens is 953 g/mol. The van der Waals surface area contributed by atoms with Gasteiger partial charge in [0.15, 0.2) is 22.0 Å². The third kappa shape index (κ3) is 5.88. The van der Waals surface area contributed by atoms with Gasteiger partial charge in [0, 0.05) is 49.6 Å². The van der Waals surface area contributed by atoms with Crippen molar-refractivity contribution in [3.63, 3.8) is 0 Å². The van der Waals surface area contributed by atoms with Crippen molar-refractivity contribution >= 4 is 101 Å². The highest BCUT2D eigenvalue weighted by Crippen LogP contribution is 2.38. The van der Waals surface area contributed by atoms with E-state index in [1.165, 1.54) is 96.5 Å². The largest absolute Gasteiger partial charge is 0.309 e. The number of para-hydroxylation sites is 6. The molecule has 16 rings (SSSR count). The Labute approximate surface area is 442 Å². The van der Waals surface area contributed by atoms with Crippen LogP contribution in [-0.2, 0) is 0 Å². The van der Waals surface area contributed by atoms with Crippen LogP contribution in [0.4, 0.5) is 0 Å². The molecule has 2 aliphatic heterocycles. The summed E-state index contributed by atoms with van der Waals surface area (Å²) in [7, 11) is -5.78. The molecule has 5 heterocycles. The maximum absolute atomic E-state index is 5.37. The molecule has 4 nitrogen and oxygen atoms in total. The van der Waals surface area contributed by atoms with E-state index in [-0.39, 0.29) is 0 Å². The molecule has 11 aromatic carbocycles. The Morgan fingerprint density at radius 3 is 1.08 bits per heavy atom. The van der Waals surface area contributed by atoms with Gasteiger partial charge < -0.3 is 9.13 Å². The van der Waals surface area contributed by atoms with E-state index in [1.807, 2.05) is 0 Å².